The van der Waals surface area contributed by atoms with Gasteiger partial charge in [0.2, 0.25) is 11.7 Å². The van der Waals surface area contributed by atoms with Gasteiger partial charge in [-0.25, -0.2) is 5.01 Å². The third-order valence-corrected chi connectivity index (χ3v) is 5.39. The maximum atomic E-state index is 12.4. The Bertz CT molecular complexity index is 1110. The Morgan fingerprint density at radius 1 is 0.933 bits per heavy atom. The van der Waals surface area contributed by atoms with E-state index < -0.39 is 0 Å². The minimum atomic E-state index is -0.166. The van der Waals surface area contributed by atoms with E-state index >= 15 is 0 Å². The van der Waals surface area contributed by atoms with Gasteiger partial charge in [-0.1, -0.05) is 36.4 Å². The van der Waals surface area contributed by atoms with E-state index in [1.807, 2.05) is 24.3 Å². The van der Waals surface area contributed by atoms with Crippen molar-refractivity contribution in [3.05, 3.63) is 65.7 Å². The van der Waals surface area contributed by atoms with Crippen molar-refractivity contribution in [1.29, 1.82) is 0 Å². The first-order valence-electron chi connectivity index (χ1n) is 9.72. The van der Waals surface area contributed by atoms with Crippen LogP contribution < -0.4 is 14.2 Å². The third-order valence-electron chi connectivity index (χ3n) is 5.39. The van der Waals surface area contributed by atoms with Crippen LogP contribution in [0.2, 0.25) is 0 Å². The van der Waals surface area contributed by atoms with Crippen molar-refractivity contribution < 1.29 is 19.0 Å². The molecular weight excluding hydrogens is 380 g/mol. The molecule has 3 aromatic rings. The van der Waals surface area contributed by atoms with Crippen molar-refractivity contribution in [3.8, 4) is 17.2 Å². The number of nitrogens with zero attached hydrogens (tertiary/aromatic N) is 2. The zero-order valence-electron chi connectivity index (χ0n) is 17.5. The van der Waals surface area contributed by atoms with Gasteiger partial charge in [-0.05, 0) is 34.5 Å². The lowest BCUT2D eigenvalue weighted by Gasteiger charge is -2.21. The second-order valence-electron chi connectivity index (χ2n) is 7.15. The molecule has 3 aromatic carbocycles. The quantitative estimate of drug-likeness (QED) is 0.625. The number of ether oxygens (including phenoxy) is 3. The Balaban J connectivity index is 1.74. The summed E-state index contributed by atoms with van der Waals surface area (Å²) < 4.78 is 16.4. The highest BCUT2D eigenvalue weighted by Crippen LogP contribution is 2.41. The zero-order valence-corrected chi connectivity index (χ0v) is 17.5. The summed E-state index contributed by atoms with van der Waals surface area (Å²) in [6.07, 6.45) is 0.594. The average molecular weight is 404 g/mol. The first kappa shape index (κ1) is 19.8. The van der Waals surface area contributed by atoms with Crippen molar-refractivity contribution in [2.45, 2.75) is 19.4 Å². The number of fused-ring (bicyclic) bond motifs is 1. The summed E-state index contributed by atoms with van der Waals surface area (Å²) in [5, 5.41) is 8.51. The van der Waals surface area contributed by atoms with Gasteiger partial charge in [0.15, 0.2) is 11.5 Å². The zero-order chi connectivity index (χ0) is 21.3. The van der Waals surface area contributed by atoms with Gasteiger partial charge in [0.1, 0.15) is 0 Å². The molecule has 6 nitrogen and oxygen atoms in total. The fourth-order valence-corrected chi connectivity index (χ4v) is 3.90. The monoisotopic (exact) mass is 404 g/mol. The predicted molar refractivity (Wildman–Crippen MR) is 116 cm³/mol. The Hall–Kier alpha value is -3.54. The molecule has 1 atom stereocenters. The van der Waals surface area contributed by atoms with Crippen LogP contribution in [-0.4, -0.2) is 38.0 Å². The van der Waals surface area contributed by atoms with E-state index in [1.165, 1.54) is 12.3 Å². The number of carbonyl (C=O) groups excluding carboxylic acids is 1. The van der Waals surface area contributed by atoms with E-state index in [-0.39, 0.29) is 11.9 Å². The number of benzene rings is 3. The van der Waals surface area contributed by atoms with Crippen LogP contribution in [-0.2, 0) is 4.79 Å². The van der Waals surface area contributed by atoms with Crippen molar-refractivity contribution in [1.82, 2.24) is 5.01 Å². The van der Waals surface area contributed by atoms with Gasteiger partial charge < -0.3 is 14.2 Å². The molecule has 0 spiro atoms. The molecular formula is C24H24N2O4. The molecule has 1 amide bonds. The van der Waals surface area contributed by atoms with Gasteiger partial charge in [0.05, 0.1) is 33.1 Å². The highest BCUT2D eigenvalue weighted by molar-refractivity contribution is 6.04. The molecule has 0 fully saturated rings. The van der Waals surface area contributed by atoms with E-state index in [1.54, 1.807) is 26.3 Å². The molecule has 6 heteroatoms. The second kappa shape index (κ2) is 8.06. The maximum Gasteiger partial charge on any atom is 0.240 e. The minimum absolute atomic E-state index is 0.101. The summed E-state index contributed by atoms with van der Waals surface area (Å²) in [5.41, 5.74) is 2.68. The second-order valence-corrected chi connectivity index (χ2v) is 7.15. The van der Waals surface area contributed by atoms with Gasteiger partial charge in [-0.3, -0.25) is 4.79 Å². The van der Waals surface area contributed by atoms with Gasteiger partial charge in [-0.15, -0.1) is 0 Å². The Morgan fingerprint density at radius 2 is 1.60 bits per heavy atom. The summed E-state index contributed by atoms with van der Waals surface area (Å²) in [6, 6.07) is 18.0. The molecule has 0 bridgehead atoms. The Kier molecular flexibility index (Phi) is 5.31. The largest absolute Gasteiger partial charge is 0.493 e. The van der Waals surface area contributed by atoms with Crippen LogP contribution in [0.4, 0.5) is 0 Å². The van der Waals surface area contributed by atoms with E-state index in [9.17, 15) is 4.79 Å². The normalized spacial score (nSPS) is 15.8. The van der Waals surface area contributed by atoms with Gasteiger partial charge >= 0.3 is 0 Å². The summed E-state index contributed by atoms with van der Waals surface area (Å²) in [6.45, 7) is 1.54. The highest BCUT2D eigenvalue weighted by atomic mass is 16.5. The summed E-state index contributed by atoms with van der Waals surface area (Å²) in [7, 11) is 4.73. The van der Waals surface area contributed by atoms with Crippen molar-refractivity contribution >= 4 is 22.4 Å². The molecule has 1 unspecified atom stereocenters. The van der Waals surface area contributed by atoms with E-state index in [0.717, 1.165) is 22.2 Å². The van der Waals surface area contributed by atoms with Gasteiger partial charge in [0.25, 0.3) is 0 Å². The molecule has 0 saturated heterocycles. The molecule has 0 aromatic heterocycles. The highest BCUT2D eigenvalue weighted by Gasteiger charge is 2.32. The van der Waals surface area contributed by atoms with Crippen LogP contribution >= 0.6 is 0 Å². The number of carbonyl (C=O) groups is 1. The Morgan fingerprint density at radius 3 is 2.20 bits per heavy atom. The molecule has 0 radical (unpaired) electrons. The summed E-state index contributed by atoms with van der Waals surface area (Å²) >= 11 is 0. The number of amides is 1. The van der Waals surface area contributed by atoms with Crippen molar-refractivity contribution in [2.24, 2.45) is 5.10 Å². The molecule has 1 aliphatic rings. The van der Waals surface area contributed by atoms with Crippen LogP contribution in [0.5, 0.6) is 17.2 Å². The molecule has 0 N–H and O–H groups in total. The molecule has 1 heterocycles. The van der Waals surface area contributed by atoms with Crippen LogP contribution in [0.3, 0.4) is 0 Å². The fraction of sp³-hybridized carbons (Fsp3) is 0.250. The first-order valence-corrected chi connectivity index (χ1v) is 9.72. The summed E-state index contributed by atoms with van der Waals surface area (Å²) in [4.78, 5) is 12.4. The van der Waals surface area contributed by atoms with Crippen LogP contribution in [0.25, 0.3) is 10.8 Å². The Labute approximate surface area is 175 Å². The fourth-order valence-electron chi connectivity index (χ4n) is 3.90. The van der Waals surface area contributed by atoms with E-state index in [2.05, 4.69) is 35.4 Å². The lowest BCUT2D eigenvalue weighted by atomic mass is 9.96. The van der Waals surface area contributed by atoms with Crippen molar-refractivity contribution in [2.75, 3.05) is 21.3 Å². The smallest absolute Gasteiger partial charge is 0.240 e. The molecule has 0 aliphatic carbocycles. The lowest BCUT2D eigenvalue weighted by Crippen LogP contribution is -2.24. The third kappa shape index (κ3) is 3.45. The average Bonchev–Trinajstić information content (AvgIpc) is 3.23. The number of hydrazone groups is 1. The molecule has 30 heavy (non-hydrogen) atoms. The molecule has 0 saturated carbocycles. The lowest BCUT2D eigenvalue weighted by molar-refractivity contribution is -0.130. The van der Waals surface area contributed by atoms with Crippen LogP contribution in [0, 0.1) is 0 Å². The van der Waals surface area contributed by atoms with Crippen LogP contribution in [0.15, 0.2) is 59.7 Å². The molecule has 4 rings (SSSR count). The maximum absolute atomic E-state index is 12.4. The van der Waals surface area contributed by atoms with Gasteiger partial charge in [-0.2, -0.15) is 5.10 Å². The number of hydrogen-bond acceptors (Lipinski definition) is 5. The van der Waals surface area contributed by atoms with E-state index in [0.29, 0.717) is 23.7 Å². The standard InChI is InChI=1S/C24H24N2O4/c1-15(27)26-21(18-10-9-16-7-5-6-8-17(16)11-18)14-20(25-26)19-12-22(28-2)24(30-4)23(13-19)29-3/h5-13,21H,14H2,1-4H3. The minimum Gasteiger partial charge on any atom is -0.493 e. The summed E-state index contributed by atoms with van der Waals surface area (Å²) in [5.74, 6) is 1.53. The SMILES string of the molecule is COc1cc(C2=NN(C(C)=O)C(c3ccc4ccccc4c3)C2)cc(OC)c1OC. The molecule has 1 aliphatic heterocycles. The molecule has 154 valence electrons. The van der Waals surface area contributed by atoms with Crippen LogP contribution in [0.1, 0.15) is 30.5 Å². The van der Waals surface area contributed by atoms with E-state index in [4.69, 9.17) is 14.2 Å². The number of rotatable bonds is 5. The topological polar surface area (TPSA) is 60.4 Å². The predicted octanol–water partition coefficient (Wildman–Crippen LogP) is 4.56. The number of methoxy groups -OCH3 is 3. The van der Waals surface area contributed by atoms with Crippen molar-refractivity contribution in [3.63, 3.8) is 0 Å². The van der Waals surface area contributed by atoms with Gasteiger partial charge in [0, 0.05) is 18.9 Å². The number of hydrogen-bond donors (Lipinski definition) is 0. The first-order chi connectivity index (χ1) is 14.5.